The number of benzene rings is 2. The largest absolute Gasteiger partial charge is 0.508 e. The fraction of sp³-hybridized carbons (Fsp3) is 0.659. The van der Waals surface area contributed by atoms with Gasteiger partial charge < -0.3 is 72.3 Å². The molecule has 12 unspecified atom stereocenters. The molecule has 12 N–H and O–H groups in total. The Labute approximate surface area is 648 Å². The number of aromatic hydroxyl groups is 6. The van der Waals surface area contributed by atoms with Gasteiger partial charge in [-0.25, -0.2) is 0 Å². The number of allylic oxidation sites excluding steroid dienone is 8. The summed E-state index contributed by atoms with van der Waals surface area (Å²) in [6, 6.07) is 3.94. The molecule has 0 heterocycles. The lowest BCUT2D eigenvalue weighted by molar-refractivity contribution is -0.134. The van der Waals surface area contributed by atoms with Gasteiger partial charge in [-0.2, -0.15) is 0 Å². The SMILES string of the molecule is CC(CC(=O)C1C(C)C=CCC1(C)C)NCCCNCCCNCCCNC(C)CC(=O)C1C(C)C=CCC1(C)C.CC1C=CCC(C)(C)C1C(=O)CC(C)N(CCCNCCCNCCCN(C(=O)/C=C/c1c(O)cc(O)cc1O)C(C)CC(=O)C1C(C)C=CCC1(C)C)C(=O)/C=C/c1c(O)cc(O)cc1O. The number of rotatable bonds is 44. The lowest BCUT2D eigenvalue weighted by atomic mass is 9.64. The molecule has 0 aromatic heterocycles. The number of hydrogen-bond acceptors (Lipinski definition) is 18. The van der Waals surface area contributed by atoms with Gasteiger partial charge >= 0.3 is 0 Å². The van der Waals surface area contributed by atoms with Crippen LogP contribution in [0, 0.1) is 69.0 Å². The molecule has 0 saturated heterocycles. The average molecular weight is 1500 g/mol. The van der Waals surface area contributed by atoms with Gasteiger partial charge in [-0.3, -0.25) is 28.8 Å². The third-order valence-corrected chi connectivity index (χ3v) is 22.8. The van der Waals surface area contributed by atoms with Crippen LogP contribution in [0.3, 0.4) is 0 Å². The van der Waals surface area contributed by atoms with E-state index in [1.807, 2.05) is 13.8 Å². The molecular formula is C88H140N8O12. The van der Waals surface area contributed by atoms with Crippen molar-refractivity contribution in [1.29, 1.82) is 0 Å². The van der Waals surface area contributed by atoms with Crippen LogP contribution in [0.25, 0.3) is 12.2 Å². The number of carbonyl (C=O) groups is 6. The van der Waals surface area contributed by atoms with Crippen LogP contribution in [-0.2, 0) is 28.8 Å². The Morgan fingerprint density at radius 3 is 0.889 bits per heavy atom. The smallest absolute Gasteiger partial charge is 0.246 e. The van der Waals surface area contributed by atoms with Gasteiger partial charge in [-0.15, -0.1) is 0 Å². The number of phenols is 6. The summed E-state index contributed by atoms with van der Waals surface area (Å²) in [7, 11) is 0. The summed E-state index contributed by atoms with van der Waals surface area (Å²) in [4.78, 5) is 84.2. The lowest BCUT2D eigenvalue weighted by Gasteiger charge is -2.40. The van der Waals surface area contributed by atoms with Gasteiger partial charge in [0.15, 0.2) is 0 Å². The monoisotopic (exact) mass is 1500 g/mol. The molecule has 2 amide bonds. The van der Waals surface area contributed by atoms with Crippen LogP contribution < -0.4 is 31.9 Å². The first-order chi connectivity index (χ1) is 50.9. The molecule has 2 aromatic carbocycles. The Balaban J connectivity index is 0.000000436. The maximum absolute atomic E-state index is 13.8. The van der Waals surface area contributed by atoms with Crippen molar-refractivity contribution in [2.24, 2.45) is 69.0 Å². The maximum Gasteiger partial charge on any atom is 0.246 e. The van der Waals surface area contributed by atoms with Crippen LogP contribution >= 0.6 is 0 Å². The Morgan fingerprint density at radius 1 is 0.389 bits per heavy atom. The highest BCUT2D eigenvalue weighted by atomic mass is 16.3. The second kappa shape index (κ2) is 44.2. The number of nitrogens with zero attached hydrogens (tertiary/aromatic N) is 2. The molecule has 108 heavy (non-hydrogen) atoms. The van der Waals surface area contributed by atoms with Crippen molar-refractivity contribution in [2.75, 3.05) is 78.5 Å². The third kappa shape index (κ3) is 29.1. The molecule has 0 radical (unpaired) electrons. The van der Waals surface area contributed by atoms with Gasteiger partial charge in [0.25, 0.3) is 0 Å². The maximum atomic E-state index is 13.8. The number of hydrogen-bond donors (Lipinski definition) is 12. The normalized spacial score (nSPS) is 23.0. The highest BCUT2D eigenvalue weighted by Crippen LogP contribution is 2.46. The Bertz CT molecular complexity index is 3140. The predicted molar refractivity (Wildman–Crippen MR) is 437 cm³/mol. The Kier molecular flexibility index (Phi) is 37.5. The third-order valence-electron chi connectivity index (χ3n) is 22.8. The van der Waals surface area contributed by atoms with Gasteiger partial charge in [0.2, 0.25) is 11.8 Å². The van der Waals surface area contributed by atoms with E-state index >= 15 is 0 Å². The molecular weight excluding hydrogens is 1360 g/mol. The number of amides is 2. The van der Waals surface area contributed by atoms with Crippen LogP contribution in [0.2, 0.25) is 0 Å². The van der Waals surface area contributed by atoms with Gasteiger partial charge in [0, 0.05) is 123 Å². The molecule has 4 aliphatic carbocycles. The molecule has 0 fully saturated rings. The van der Waals surface area contributed by atoms with Crippen molar-refractivity contribution in [2.45, 2.75) is 225 Å². The van der Waals surface area contributed by atoms with Crippen molar-refractivity contribution in [1.82, 2.24) is 41.7 Å². The first kappa shape index (κ1) is 91.7. The van der Waals surface area contributed by atoms with E-state index in [1.165, 1.54) is 24.3 Å². The fourth-order valence-corrected chi connectivity index (χ4v) is 17.3. The molecule has 4 aliphatic rings. The minimum absolute atomic E-state index is 0.00347. The van der Waals surface area contributed by atoms with E-state index in [1.54, 1.807) is 9.80 Å². The lowest BCUT2D eigenvalue weighted by Crippen LogP contribution is -2.44. The summed E-state index contributed by atoms with van der Waals surface area (Å²) >= 11 is 0. The van der Waals surface area contributed by atoms with Crippen molar-refractivity contribution >= 4 is 47.1 Å². The summed E-state index contributed by atoms with van der Waals surface area (Å²) in [6.45, 7) is 43.1. The highest BCUT2D eigenvalue weighted by molar-refractivity contribution is 5.95. The number of Topliss-reactive ketones (excluding diaryl/α,β-unsaturated/α-hetero) is 4. The quantitative estimate of drug-likeness (QED) is 0.0167. The van der Waals surface area contributed by atoms with Crippen molar-refractivity contribution in [3.63, 3.8) is 0 Å². The van der Waals surface area contributed by atoms with E-state index in [4.69, 9.17) is 0 Å². The van der Waals surface area contributed by atoms with E-state index in [0.717, 1.165) is 115 Å². The highest BCUT2D eigenvalue weighted by Gasteiger charge is 2.44. The van der Waals surface area contributed by atoms with Crippen LogP contribution in [0.1, 0.15) is 212 Å². The first-order valence-electron chi connectivity index (χ1n) is 40.4. The minimum atomic E-state index is -0.415. The molecule has 0 saturated carbocycles. The molecule has 6 rings (SSSR count). The number of carbonyl (C=O) groups excluding carboxylic acids is 6. The fourth-order valence-electron chi connectivity index (χ4n) is 17.3. The Hall–Kier alpha value is -6.94. The van der Waals surface area contributed by atoms with Gasteiger partial charge in [-0.05, 0) is 215 Å². The van der Waals surface area contributed by atoms with E-state index < -0.39 is 12.1 Å². The summed E-state index contributed by atoms with van der Waals surface area (Å²) < 4.78 is 0. The summed E-state index contributed by atoms with van der Waals surface area (Å²) in [5, 5.41) is 81.6. The zero-order valence-corrected chi connectivity index (χ0v) is 68.6. The topological polar surface area (TPSA) is 302 Å². The predicted octanol–water partition coefficient (Wildman–Crippen LogP) is 13.5. The standard InChI is InChI=1S/C53H76N4O10.C35H64N4O2/c1-34-14-9-20-52(5,6)50(34)46(64)28-36(3)56(48(66)18-16-40-42(60)30-38(58)31-43(40)61)26-12-24-54-22-11-23-55-25-13-27-57(49(67)19-17-41-44(62)32-39(59)33-45(41)63)37(4)29-47(65)51-35(2)15-10-21-53(51,7)8;1-26-14-9-16-34(5,6)32(26)30(40)24-28(3)38-22-12-20-36-18-11-19-37-21-13-23-39-29(4)25-31(41)33-27(2)15-10-17-35(33,7)8/h9-10,14-19,30-37,50-51,54-55,58-63H,11-13,20-29H2,1-8H3;9-10,14-15,26-29,32-33,36-39H,11-13,16-25H2,1-8H3/b18-16+,19-17+;. The van der Waals surface area contributed by atoms with E-state index in [0.29, 0.717) is 88.4 Å². The second-order valence-corrected chi connectivity index (χ2v) is 34.6. The van der Waals surface area contributed by atoms with E-state index in [9.17, 15) is 59.4 Å². The molecule has 20 heteroatoms. The van der Waals surface area contributed by atoms with E-state index in [-0.39, 0.29) is 151 Å². The second-order valence-electron chi connectivity index (χ2n) is 34.6. The van der Waals surface area contributed by atoms with Crippen molar-refractivity contribution < 1.29 is 59.4 Å². The number of ketones is 4. The van der Waals surface area contributed by atoms with Crippen molar-refractivity contribution in [3.8, 4) is 34.5 Å². The minimum Gasteiger partial charge on any atom is -0.508 e. The van der Waals surface area contributed by atoms with Crippen LogP contribution in [-0.4, -0.2) is 178 Å². The zero-order chi connectivity index (χ0) is 80.1. The van der Waals surface area contributed by atoms with Crippen LogP contribution in [0.4, 0.5) is 0 Å². The van der Waals surface area contributed by atoms with Crippen LogP contribution in [0.15, 0.2) is 85.0 Å². The van der Waals surface area contributed by atoms with Crippen LogP contribution in [0.5, 0.6) is 34.5 Å². The molecule has 12 atom stereocenters. The average Bonchev–Trinajstić information content (AvgIpc) is 0.806. The number of phenolic OH excluding ortho intramolecular Hbond substituents is 6. The molecule has 20 nitrogen and oxygen atoms in total. The summed E-state index contributed by atoms with van der Waals surface area (Å²) in [5.41, 5.74) is -0.302. The molecule has 604 valence electrons. The summed E-state index contributed by atoms with van der Waals surface area (Å²) in [6.07, 6.45) is 32.9. The van der Waals surface area contributed by atoms with E-state index in [2.05, 4.69) is 177 Å². The van der Waals surface area contributed by atoms with Gasteiger partial charge in [0.05, 0.1) is 11.1 Å². The van der Waals surface area contributed by atoms with Gasteiger partial charge in [0.1, 0.15) is 57.6 Å². The van der Waals surface area contributed by atoms with Gasteiger partial charge in [-0.1, -0.05) is 132 Å². The summed E-state index contributed by atoms with van der Waals surface area (Å²) in [5.74, 6) is -1.12. The molecule has 0 bridgehead atoms. The first-order valence-corrected chi connectivity index (χ1v) is 40.4. The molecule has 0 aliphatic heterocycles. The molecule has 0 spiro atoms. The van der Waals surface area contributed by atoms with Crippen molar-refractivity contribution in [3.05, 3.63) is 96.2 Å². The molecule has 2 aromatic rings. The number of nitrogens with one attached hydrogen (secondary N) is 6. The Morgan fingerprint density at radius 2 is 0.630 bits per heavy atom. The zero-order valence-electron chi connectivity index (χ0n) is 68.6.